The standard InChI is InChI=1S/C16H20N2O3/c1-17-14-10-12(6-7-13(14)15(20)16(17)21)18(8-3-9-19)11-4-2-5-11/h6-7,10-11,19H,2-5,8-9H2,1H3. The number of hydrogen-bond acceptors (Lipinski definition) is 4. The predicted molar refractivity (Wildman–Crippen MR) is 80.9 cm³/mol. The van der Waals surface area contributed by atoms with E-state index in [0.717, 1.165) is 31.5 Å². The molecule has 1 aromatic carbocycles. The SMILES string of the molecule is CN1C(=O)C(=O)c2ccc(N(CCCO)C3CCC3)cc21. The quantitative estimate of drug-likeness (QED) is 0.836. The summed E-state index contributed by atoms with van der Waals surface area (Å²) in [4.78, 5) is 27.3. The van der Waals surface area contributed by atoms with Crippen LogP contribution < -0.4 is 9.80 Å². The Morgan fingerprint density at radius 1 is 1.33 bits per heavy atom. The van der Waals surface area contributed by atoms with Crippen LogP contribution in [-0.4, -0.2) is 43.0 Å². The van der Waals surface area contributed by atoms with Gasteiger partial charge in [0.15, 0.2) is 0 Å². The second kappa shape index (κ2) is 5.48. The number of anilines is 2. The molecule has 1 aromatic rings. The zero-order valence-electron chi connectivity index (χ0n) is 12.2. The van der Waals surface area contributed by atoms with Crippen LogP contribution in [0.5, 0.6) is 0 Å². The van der Waals surface area contributed by atoms with Crippen molar-refractivity contribution in [2.75, 3.05) is 30.0 Å². The van der Waals surface area contributed by atoms with Gasteiger partial charge in [0.05, 0.1) is 11.3 Å². The number of Topliss-reactive ketones (excluding diaryl/α,β-unsaturated/α-hetero) is 1. The molecule has 1 aliphatic carbocycles. The lowest BCUT2D eigenvalue weighted by Crippen LogP contribution is -2.41. The van der Waals surface area contributed by atoms with Crippen LogP contribution in [0.4, 0.5) is 11.4 Å². The maximum absolute atomic E-state index is 11.8. The summed E-state index contributed by atoms with van der Waals surface area (Å²) in [6, 6.07) is 6.10. The average molecular weight is 288 g/mol. The van der Waals surface area contributed by atoms with E-state index in [1.54, 1.807) is 13.1 Å². The highest BCUT2D eigenvalue weighted by Gasteiger charge is 2.34. The first-order valence-corrected chi connectivity index (χ1v) is 7.47. The van der Waals surface area contributed by atoms with Crippen LogP contribution in [0.15, 0.2) is 18.2 Å². The molecule has 2 aliphatic rings. The third-order valence-electron chi connectivity index (χ3n) is 4.49. The first-order valence-electron chi connectivity index (χ1n) is 7.47. The van der Waals surface area contributed by atoms with Gasteiger partial charge in [-0.15, -0.1) is 0 Å². The Morgan fingerprint density at radius 3 is 2.71 bits per heavy atom. The molecular weight excluding hydrogens is 268 g/mol. The zero-order chi connectivity index (χ0) is 15.0. The number of fused-ring (bicyclic) bond motifs is 1. The lowest BCUT2D eigenvalue weighted by molar-refractivity contribution is -0.114. The largest absolute Gasteiger partial charge is 0.396 e. The minimum Gasteiger partial charge on any atom is -0.396 e. The molecule has 0 saturated heterocycles. The third kappa shape index (κ3) is 2.31. The molecule has 0 atom stereocenters. The number of amides is 1. The molecule has 5 nitrogen and oxygen atoms in total. The monoisotopic (exact) mass is 288 g/mol. The maximum atomic E-state index is 11.8. The second-order valence-corrected chi connectivity index (χ2v) is 5.75. The normalized spacial score (nSPS) is 17.9. The van der Waals surface area contributed by atoms with Gasteiger partial charge in [0, 0.05) is 31.9 Å². The molecule has 0 spiro atoms. The smallest absolute Gasteiger partial charge is 0.299 e. The minimum absolute atomic E-state index is 0.172. The fourth-order valence-electron chi connectivity index (χ4n) is 3.01. The molecule has 1 saturated carbocycles. The zero-order valence-corrected chi connectivity index (χ0v) is 12.2. The molecule has 1 N–H and O–H groups in total. The van der Waals surface area contributed by atoms with Crippen molar-refractivity contribution in [1.82, 2.24) is 0 Å². The van der Waals surface area contributed by atoms with Crippen LogP contribution in [0.25, 0.3) is 0 Å². The van der Waals surface area contributed by atoms with E-state index >= 15 is 0 Å². The van der Waals surface area contributed by atoms with Gasteiger partial charge in [-0.2, -0.15) is 0 Å². The van der Waals surface area contributed by atoms with Crippen LogP contribution >= 0.6 is 0 Å². The van der Waals surface area contributed by atoms with Crippen molar-refractivity contribution in [2.24, 2.45) is 0 Å². The highest BCUT2D eigenvalue weighted by atomic mass is 16.3. The van der Waals surface area contributed by atoms with Crippen LogP contribution in [0.1, 0.15) is 36.0 Å². The number of likely N-dealkylation sites (N-methyl/N-ethyl adjacent to an activating group) is 1. The number of aliphatic hydroxyl groups excluding tert-OH is 1. The van der Waals surface area contributed by atoms with E-state index in [2.05, 4.69) is 4.90 Å². The van der Waals surface area contributed by atoms with Gasteiger partial charge in [0.2, 0.25) is 0 Å². The minimum atomic E-state index is -0.465. The van der Waals surface area contributed by atoms with Gasteiger partial charge >= 0.3 is 0 Å². The number of benzene rings is 1. The van der Waals surface area contributed by atoms with Crippen LogP contribution in [0, 0.1) is 0 Å². The van der Waals surface area contributed by atoms with Gasteiger partial charge in [-0.3, -0.25) is 9.59 Å². The number of hydrogen-bond donors (Lipinski definition) is 1. The fourth-order valence-corrected chi connectivity index (χ4v) is 3.01. The number of ketones is 1. The topological polar surface area (TPSA) is 60.9 Å². The molecule has 0 bridgehead atoms. The lowest BCUT2D eigenvalue weighted by Gasteiger charge is -2.39. The summed E-state index contributed by atoms with van der Waals surface area (Å²) in [6.07, 6.45) is 4.29. The summed E-state index contributed by atoms with van der Waals surface area (Å²) in [5.74, 6) is -0.891. The molecule has 1 heterocycles. The van der Waals surface area contributed by atoms with Crippen molar-refractivity contribution >= 4 is 23.1 Å². The number of carbonyl (C=O) groups is 2. The van der Waals surface area contributed by atoms with Gasteiger partial charge in [-0.1, -0.05) is 0 Å². The first-order chi connectivity index (χ1) is 10.1. The van der Waals surface area contributed by atoms with Crippen molar-refractivity contribution in [2.45, 2.75) is 31.7 Å². The van der Waals surface area contributed by atoms with E-state index in [1.165, 1.54) is 11.3 Å². The molecule has 5 heteroatoms. The van der Waals surface area contributed by atoms with E-state index in [1.807, 2.05) is 12.1 Å². The van der Waals surface area contributed by atoms with E-state index < -0.39 is 11.7 Å². The summed E-state index contributed by atoms with van der Waals surface area (Å²) >= 11 is 0. The highest BCUT2D eigenvalue weighted by Crippen LogP contribution is 2.35. The summed E-state index contributed by atoms with van der Waals surface area (Å²) in [7, 11) is 1.64. The summed E-state index contributed by atoms with van der Waals surface area (Å²) < 4.78 is 0. The number of carbonyl (C=O) groups excluding carboxylic acids is 2. The number of aliphatic hydroxyl groups is 1. The van der Waals surface area contributed by atoms with Crippen molar-refractivity contribution in [1.29, 1.82) is 0 Å². The van der Waals surface area contributed by atoms with Crippen LogP contribution in [0.2, 0.25) is 0 Å². The second-order valence-electron chi connectivity index (χ2n) is 5.75. The van der Waals surface area contributed by atoms with Crippen molar-refractivity contribution in [3.05, 3.63) is 23.8 Å². The van der Waals surface area contributed by atoms with E-state index in [-0.39, 0.29) is 6.61 Å². The van der Waals surface area contributed by atoms with E-state index in [9.17, 15) is 9.59 Å². The molecule has 112 valence electrons. The average Bonchev–Trinajstić information content (AvgIpc) is 2.66. The Morgan fingerprint density at radius 2 is 2.10 bits per heavy atom. The van der Waals surface area contributed by atoms with E-state index in [0.29, 0.717) is 17.3 Å². The Kier molecular flexibility index (Phi) is 3.68. The molecule has 21 heavy (non-hydrogen) atoms. The summed E-state index contributed by atoms with van der Waals surface area (Å²) in [5.41, 5.74) is 2.21. The molecule has 0 radical (unpaired) electrons. The van der Waals surface area contributed by atoms with Crippen LogP contribution in [-0.2, 0) is 4.79 Å². The highest BCUT2D eigenvalue weighted by molar-refractivity contribution is 6.52. The van der Waals surface area contributed by atoms with Gasteiger partial charge in [-0.25, -0.2) is 0 Å². The molecule has 3 rings (SSSR count). The van der Waals surface area contributed by atoms with Gasteiger partial charge < -0.3 is 14.9 Å². The van der Waals surface area contributed by atoms with Crippen molar-refractivity contribution in [3.63, 3.8) is 0 Å². The number of nitrogens with zero attached hydrogens (tertiary/aromatic N) is 2. The summed E-state index contributed by atoms with van der Waals surface area (Å²) in [5, 5.41) is 9.08. The summed E-state index contributed by atoms with van der Waals surface area (Å²) in [6.45, 7) is 0.969. The molecule has 1 fully saturated rings. The Balaban J connectivity index is 1.91. The molecule has 1 amide bonds. The van der Waals surface area contributed by atoms with E-state index in [4.69, 9.17) is 5.11 Å². The first kappa shape index (κ1) is 14.1. The number of rotatable bonds is 5. The van der Waals surface area contributed by atoms with Crippen LogP contribution in [0.3, 0.4) is 0 Å². The molecular formula is C16H20N2O3. The lowest BCUT2D eigenvalue weighted by atomic mass is 9.90. The molecule has 0 aromatic heterocycles. The molecule has 1 aliphatic heterocycles. The third-order valence-corrected chi connectivity index (χ3v) is 4.49. The Labute approximate surface area is 124 Å². The van der Waals surface area contributed by atoms with Gasteiger partial charge in [0.25, 0.3) is 11.7 Å². The van der Waals surface area contributed by atoms with Gasteiger partial charge in [0.1, 0.15) is 0 Å². The van der Waals surface area contributed by atoms with Crippen molar-refractivity contribution in [3.8, 4) is 0 Å². The fraction of sp³-hybridized carbons (Fsp3) is 0.500. The van der Waals surface area contributed by atoms with Gasteiger partial charge in [-0.05, 0) is 43.9 Å². The maximum Gasteiger partial charge on any atom is 0.299 e. The predicted octanol–water partition coefficient (Wildman–Crippen LogP) is 1.59. The Hall–Kier alpha value is -1.88. The Bertz CT molecular complexity index is 581. The molecule has 0 unspecified atom stereocenters. The van der Waals surface area contributed by atoms with Crippen molar-refractivity contribution < 1.29 is 14.7 Å².